The molecule has 0 radical (unpaired) electrons. The lowest BCUT2D eigenvalue weighted by atomic mass is 9.90. The monoisotopic (exact) mass is 405 g/mol. The predicted molar refractivity (Wildman–Crippen MR) is 121 cm³/mol. The van der Waals surface area contributed by atoms with E-state index in [1.165, 1.54) is 16.8 Å². The van der Waals surface area contributed by atoms with E-state index < -0.39 is 0 Å². The number of hydrogen-bond acceptors (Lipinski definition) is 4. The average Bonchev–Trinajstić information content (AvgIpc) is 3.50. The lowest BCUT2D eigenvalue weighted by molar-refractivity contribution is -0.115. The van der Waals surface area contributed by atoms with Gasteiger partial charge in [-0.1, -0.05) is 6.08 Å². The molecule has 0 aromatic carbocycles. The lowest BCUT2D eigenvalue weighted by Crippen LogP contribution is -2.20. The van der Waals surface area contributed by atoms with Crippen molar-refractivity contribution in [2.75, 3.05) is 5.32 Å². The number of nitrogens with zero attached hydrogens (tertiary/aromatic N) is 4. The summed E-state index contributed by atoms with van der Waals surface area (Å²) in [5.74, 6) is 0.503. The van der Waals surface area contributed by atoms with Gasteiger partial charge in [-0.3, -0.25) is 19.5 Å². The van der Waals surface area contributed by atoms with Crippen LogP contribution in [0.3, 0.4) is 0 Å². The molecule has 1 amide bonds. The molecule has 2 aromatic rings. The van der Waals surface area contributed by atoms with Gasteiger partial charge in [0.05, 0.1) is 18.2 Å². The molecule has 30 heavy (non-hydrogen) atoms. The van der Waals surface area contributed by atoms with Crippen molar-refractivity contribution >= 4 is 22.9 Å². The third kappa shape index (κ3) is 4.69. The van der Waals surface area contributed by atoms with Gasteiger partial charge in [-0.15, -0.1) is 0 Å². The minimum Gasteiger partial charge on any atom is -0.326 e. The van der Waals surface area contributed by atoms with Crippen LogP contribution in [-0.4, -0.2) is 32.4 Å². The molecule has 158 valence electrons. The maximum absolute atomic E-state index is 12.6. The average molecular weight is 406 g/mol. The molecule has 1 fully saturated rings. The number of anilines is 1. The summed E-state index contributed by atoms with van der Waals surface area (Å²) >= 11 is 0. The minimum absolute atomic E-state index is 0.0138. The number of pyridine rings is 1. The fraction of sp³-hybridized carbons (Fsp3) is 0.500. The summed E-state index contributed by atoms with van der Waals surface area (Å²) in [5, 5.41) is 7.55. The SMILES string of the molecule is Cc1cc(NC(=O)CC(=NC2CC=C(c3c(C)nn(C)c3C)CC2)C2CC2)ccn1. The van der Waals surface area contributed by atoms with E-state index >= 15 is 0 Å². The number of allylic oxidation sites excluding steroid dienone is 1. The summed E-state index contributed by atoms with van der Waals surface area (Å²) in [4.78, 5) is 21.8. The van der Waals surface area contributed by atoms with Gasteiger partial charge in [0.1, 0.15) is 0 Å². The third-order valence-corrected chi connectivity index (χ3v) is 6.13. The first kappa shape index (κ1) is 20.5. The molecule has 6 nitrogen and oxygen atoms in total. The zero-order chi connectivity index (χ0) is 21.3. The summed E-state index contributed by atoms with van der Waals surface area (Å²) in [5.41, 5.74) is 7.79. The molecule has 6 heteroatoms. The Kier molecular flexibility index (Phi) is 5.84. The fourth-order valence-electron chi connectivity index (χ4n) is 4.34. The Morgan fingerprint density at radius 1 is 1.27 bits per heavy atom. The number of hydrogen-bond donors (Lipinski definition) is 1. The molecule has 2 aliphatic rings. The molecular formula is C24H31N5O. The number of carbonyl (C=O) groups is 1. The van der Waals surface area contributed by atoms with Gasteiger partial charge < -0.3 is 5.32 Å². The number of carbonyl (C=O) groups excluding carboxylic acids is 1. The van der Waals surface area contributed by atoms with Gasteiger partial charge in [0.25, 0.3) is 0 Å². The second kappa shape index (κ2) is 8.54. The van der Waals surface area contributed by atoms with Crippen molar-refractivity contribution in [2.45, 2.75) is 65.3 Å². The summed E-state index contributed by atoms with van der Waals surface area (Å²) in [7, 11) is 2.00. The van der Waals surface area contributed by atoms with Crippen LogP contribution in [0, 0.1) is 26.7 Å². The van der Waals surface area contributed by atoms with Crippen LogP contribution in [-0.2, 0) is 11.8 Å². The normalized spacial score (nSPS) is 19.5. The quantitative estimate of drug-likeness (QED) is 0.716. The molecule has 4 rings (SSSR count). The second-order valence-electron chi connectivity index (χ2n) is 8.63. The highest BCUT2D eigenvalue weighted by Gasteiger charge is 2.30. The number of rotatable bonds is 6. The Morgan fingerprint density at radius 2 is 2.07 bits per heavy atom. The molecule has 0 saturated heterocycles. The molecule has 0 spiro atoms. The second-order valence-corrected chi connectivity index (χ2v) is 8.63. The van der Waals surface area contributed by atoms with Crippen LogP contribution in [0.5, 0.6) is 0 Å². The Bertz CT molecular complexity index is 1010. The van der Waals surface area contributed by atoms with E-state index in [-0.39, 0.29) is 11.9 Å². The van der Waals surface area contributed by atoms with E-state index in [9.17, 15) is 4.79 Å². The molecule has 1 unspecified atom stereocenters. The van der Waals surface area contributed by atoms with Crippen LogP contribution in [0.15, 0.2) is 29.4 Å². The largest absolute Gasteiger partial charge is 0.326 e. The Labute approximate surface area is 178 Å². The summed E-state index contributed by atoms with van der Waals surface area (Å²) in [6.07, 6.45) is 9.73. The van der Waals surface area contributed by atoms with Crippen LogP contribution >= 0.6 is 0 Å². The van der Waals surface area contributed by atoms with Gasteiger partial charge >= 0.3 is 0 Å². The molecule has 0 aliphatic heterocycles. The number of aromatic nitrogens is 3. The topological polar surface area (TPSA) is 72.2 Å². The summed E-state index contributed by atoms with van der Waals surface area (Å²) < 4.78 is 1.96. The Morgan fingerprint density at radius 3 is 2.67 bits per heavy atom. The molecule has 1 atom stereocenters. The zero-order valence-corrected chi connectivity index (χ0v) is 18.4. The third-order valence-electron chi connectivity index (χ3n) is 6.13. The van der Waals surface area contributed by atoms with E-state index in [0.717, 1.165) is 54.9 Å². The van der Waals surface area contributed by atoms with Crippen molar-refractivity contribution in [1.82, 2.24) is 14.8 Å². The van der Waals surface area contributed by atoms with Crippen LogP contribution in [0.2, 0.25) is 0 Å². The zero-order valence-electron chi connectivity index (χ0n) is 18.4. The lowest BCUT2D eigenvalue weighted by Gasteiger charge is -2.21. The van der Waals surface area contributed by atoms with Crippen LogP contribution in [0.25, 0.3) is 5.57 Å². The number of nitrogens with one attached hydrogen (secondary N) is 1. The number of amides is 1. The Hall–Kier alpha value is -2.76. The molecule has 2 aliphatic carbocycles. The smallest absolute Gasteiger partial charge is 0.230 e. The van der Waals surface area contributed by atoms with Crippen LogP contribution < -0.4 is 5.32 Å². The molecular weight excluding hydrogens is 374 g/mol. The van der Waals surface area contributed by atoms with Crippen LogP contribution in [0.4, 0.5) is 5.69 Å². The first-order valence-corrected chi connectivity index (χ1v) is 10.9. The molecule has 0 bridgehead atoms. The van der Waals surface area contributed by atoms with Crippen molar-refractivity contribution in [1.29, 1.82) is 0 Å². The van der Waals surface area contributed by atoms with Gasteiger partial charge in [-0.25, -0.2) is 0 Å². The van der Waals surface area contributed by atoms with Crippen LogP contribution in [0.1, 0.15) is 61.2 Å². The highest BCUT2D eigenvalue weighted by atomic mass is 16.1. The first-order chi connectivity index (χ1) is 14.4. The van der Waals surface area contributed by atoms with Crippen molar-refractivity contribution in [2.24, 2.45) is 18.0 Å². The highest BCUT2D eigenvalue weighted by molar-refractivity contribution is 6.08. The predicted octanol–water partition coefficient (Wildman–Crippen LogP) is 4.56. The van der Waals surface area contributed by atoms with Gasteiger partial charge in [0.15, 0.2) is 0 Å². The minimum atomic E-state index is 0.0138. The van der Waals surface area contributed by atoms with E-state index in [4.69, 9.17) is 4.99 Å². The van der Waals surface area contributed by atoms with Crippen molar-refractivity contribution < 1.29 is 4.79 Å². The number of aliphatic imine (C=N–C) groups is 1. The van der Waals surface area contributed by atoms with E-state index in [1.807, 2.05) is 30.8 Å². The van der Waals surface area contributed by atoms with Crippen molar-refractivity contribution in [3.63, 3.8) is 0 Å². The van der Waals surface area contributed by atoms with E-state index in [0.29, 0.717) is 12.3 Å². The standard InChI is InChI=1S/C24H31N5O/c1-15-13-21(11-12-25-15)27-23(30)14-22(18-5-6-18)26-20-9-7-19(8-10-20)24-16(2)28-29(4)17(24)3/h7,11-13,18,20H,5-6,8-10,14H2,1-4H3,(H,25,27,30). The fourth-order valence-corrected chi connectivity index (χ4v) is 4.34. The highest BCUT2D eigenvalue weighted by Crippen LogP contribution is 2.35. The van der Waals surface area contributed by atoms with Crippen molar-refractivity contribution in [3.05, 3.63) is 47.1 Å². The Balaban J connectivity index is 1.42. The summed E-state index contributed by atoms with van der Waals surface area (Å²) in [6.45, 7) is 6.14. The maximum Gasteiger partial charge on any atom is 0.230 e. The first-order valence-electron chi connectivity index (χ1n) is 10.9. The molecule has 2 aromatic heterocycles. The number of aryl methyl sites for hydroxylation is 3. The van der Waals surface area contributed by atoms with E-state index in [2.05, 4.69) is 35.3 Å². The van der Waals surface area contributed by atoms with Gasteiger partial charge in [0, 0.05) is 41.6 Å². The maximum atomic E-state index is 12.6. The molecule has 2 heterocycles. The summed E-state index contributed by atoms with van der Waals surface area (Å²) in [6, 6.07) is 3.99. The van der Waals surface area contributed by atoms with Gasteiger partial charge in [-0.2, -0.15) is 5.10 Å². The van der Waals surface area contributed by atoms with Gasteiger partial charge in [-0.05, 0) is 76.5 Å². The molecule has 1 saturated carbocycles. The van der Waals surface area contributed by atoms with E-state index in [1.54, 1.807) is 6.20 Å². The van der Waals surface area contributed by atoms with Crippen molar-refractivity contribution in [3.8, 4) is 0 Å². The van der Waals surface area contributed by atoms with Gasteiger partial charge in [0.2, 0.25) is 5.91 Å². The molecule has 1 N–H and O–H groups in total.